The Labute approximate surface area is 283 Å². The van der Waals surface area contributed by atoms with Crippen molar-refractivity contribution >= 4 is 50.9 Å². The standard InChI is InChI=1S/C31H41ClF2N8O5S/c32-26-15-22(31(33,34)21-3-1-20(2-4-21)30(45)38-10-9-37-28(43)18-35)16-27(39-26)40-11-13-41(14-12-40)48(46,47)25-7-5-24(6-8-25)42-19-23(36)17-29(42)44/h5-8,15-16,20-21,23H,1-4,9-14,17-19,35-36H2,(H,37,43)(H,38,45)/t20-,21-,23-/m1/s1. The van der Waals surface area contributed by atoms with Gasteiger partial charge in [-0.05, 0) is 62.1 Å². The highest BCUT2D eigenvalue weighted by atomic mass is 35.5. The van der Waals surface area contributed by atoms with Gasteiger partial charge in [-0.2, -0.15) is 4.31 Å². The highest BCUT2D eigenvalue weighted by molar-refractivity contribution is 7.89. The molecule has 3 heterocycles. The topological polar surface area (TPSA) is 184 Å². The van der Waals surface area contributed by atoms with Crippen LogP contribution in [0, 0.1) is 11.8 Å². The SMILES string of the molecule is NCC(=O)NCCNC(=O)[C@H]1CC[C@H](C(F)(F)c2cc(Cl)nc(N3CCN(S(=O)(=O)c4ccc(N5C[C@H](N)CC5=O)cc4)CC3)c2)CC1. The molecular weight excluding hydrogens is 670 g/mol. The third kappa shape index (κ3) is 8.05. The second-order valence-electron chi connectivity index (χ2n) is 12.4. The van der Waals surface area contributed by atoms with Crippen molar-refractivity contribution in [2.45, 2.75) is 49.0 Å². The number of carbonyl (C=O) groups excluding carboxylic acids is 3. The first kappa shape index (κ1) is 35.9. The molecule has 13 nitrogen and oxygen atoms in total. The predicted octanol–water partition coefficient (Wildman–Crippen LogP) is 1.40. The van der Waals surface area contributed by atoms with E-state index in [4.69, 9.17) is 23.1 Å². The number of nitrogens with zero attached hydrogens (tertiary/aromatic N) is 4. The van der Waals surface area contributed by atoms with Crippen LogP contribution in [0.1, 0.15) is 37.7 Å². The lowest BCUT2D eigenvalue weighted by molar-refractivity contribution is -0.129. The number of rotatable bonds is 11. The Bertz CT molecular complexity index is 1600. The van der Waals surface area contributed by atoms with E-state index in [1.54, 1.807) is 17.0 Å². The maximum atomic E-state index is 15.9. The number of amides is 3. The van der Waals surface area contributed by atoms with E-state index in [0.29, 0.717) is 25.1 Å². The Morgan fingerprint density at radius 1 is 1.00 bits per heavy atom. The zero-order valence-electron chi connectivity index (χ0n) is 26.4. The maximum absolute atomic E-state index is 15.9. The molecule has 48 heavy (non-hydrogen) atoms. The van der Waals surface area contributed by atoms with E-state index in [-0.39, 0.29) is 110 Å². The number of halogens is 3. The van der Waals surface area contributed by atoms with Crippen LogP contribution in [0.2, 0.25) is 5.15 Å². The Morgan fingerprint density at radius 2 is 1.65 bits per heavy atom. The number of carbonyl (C=O) groups is 3. The molecule has 0 spiro atoms. The summed E-state index contributed by atoms with van der Waals surface area (Å²) in [4.78, 5) is 43.5. The summed E-state index contributed by atoms with van der Waals surface area (Å²) in [7, 11) is -3.85. The van der Waals surface area contributed by atoms with Crippen molar-refractivity contribution in [3.8, 4) is 0 Å². The number of nitrogens with one attached hydrogen (secondary N) is 2. The van der Waals surface area contributed by atoms with Crippen molar-refractivity contribution in [3.05, 3.63) is 47.1 Å². The molecule has 2 saturated heterocycles. The zero-order chi connectivity index (χ0) is 34.6. The van der Waals surface area contributed by atoms with Crippen LogP contribution in [0.5, 0.6) is 0 Å². The highest BCUT2D eigenvalue weighted by Gasteiger charge is 2.44. The van der Waals surface area contributed by atoms with Crippen molar-refractivity contribution in [1.29, 1.82) is 0 Å². The maximum Gasteiger partial charge on any atom is 0.276 e. The molecule has 1 aromatic carbocycles. The molecule has 3 amide bonds. The van der Waals surface area contributed by atoms with E-state index in [2.05, 4.69) is 15.6 Å². The fourth-order valence-corrected chi connectivity index (χ4v) is 8.11. The molecule has 1 aliphatic carbocycles. The van der Waals surface area contributed by atoms with E-state index >= 15 is 8.78 Å². The van der Waals surface area contributed by atoms with Gasteiger partial charge in [-0.1, -0.05) is 11.6 Å². The fraction of sp³-hybridized carbons (Fsp3) is 0.548. The van der Waals surface area contributed by atoms with Crippen LogP contribution in [-0.4, -0.2) is 93.8 Å². The number of benzene rings is 1. The Balaban J connectivity index is 1.16. The van der Waals surface area contributed by atoms with Crippen LogP contribution >= 0.6 is 11.6 Å². The van der Waals surface area contributed by atoms with Crippen molar-refractivity contribution in [3.63, 3.8) is 0 Å². The van der Waals surface area contributed by atoms with Gasteiger partial charge in [-0.25, -0.2) is 22.2 Å². The lowest BCUT2D eigenvalue weighted by atomic mass is 9.77. The minimum atomic E-state index is -3.85. The van der Waals surface area contributed by atoms with E-state index < -0.39 is 27.8 Å². The molecule has 0 unspecified atom stereocenters. The minimum absolute atomic E-state index is 0.0849. The van der Waals surface area contributed by atoms with Gasteiger partial charge >= 0.3 is 0 Å². The normalized spacial score (nSPS) is 22.5. The van der Waals surface area contributed by atoms with Crippen LogP contribution in [-0.2, 0) is 30.3 Å². The third-order valence-corrected chi connectivity index (χ3v) is 11.3. The molecular formula is C31H41ClF2N8O5S. The van der Waals surface area contributed by atoms with E-state index in [1.807, 2.05) is 0 Å². The lowest BCUT2D eigenvalue weighted by Crippen LogP contribution is -2.49. The molecule has 0 radical (unpaired) electrons. The van der Waals surface area contributed by atoms with Gasteiger partial charge < -0.3 is 31.9 Å². The summed E-state index contributed by atoms with van der Waals surface area (Å²) < 4.78 is 59.8. The molecule has 0 bridgehead atoms. The van der Waals surface area contributed by atoms with E-state index in [0.717, 1.165) is 6.07 Å². The summed E-state index contributed by atoms with van der Waals surface area (Å²) >= 11 is 6.23. The average molecular weight is 711 g/mol. The van der Waals surface area contributed by atoms with Crippen LogP contribution in [0.4, 0.5) is 20.3 Å². The molecule has 5 rings (SSSR count). The van der Waals surface area contributed by atoms with Crippen molar-refractivity contribution in [1.82, 2.24) is 19.9 Å². The number of hydrogen-bond donors (Lipinski definition) is 4. The quantitative estimate of drug-likeness (QED) is 0.198. The summed E-state index contributed by atoms with van der Waals surface area (Å²) in [5, 5.41) is 5.20. The second-order valence-corrected chi connectivity index (χ2v) is 14.7. The molecule has 17 heteroatoms. The number of nitrogens with two attached hydrogens (primary N) is 2. The minimum Gasteiger partial charge on any atom is -0.354 e. The van der Waals surface area contributed by atoms with Crippen LogP contribution in [0.25, 0.3) is 0 Å². The van der Waals surface area contributed by atoms with Gasteiger partial charge in [0.05, 0.1) is 11.4 Å². The fourth-order valence-electron chi connectivity index (χ4n) is 6.48. The highest BCUT2D eigenvalue weighted by Crippen LogP contribution is 2.46. The van der Waals surface area contributed by atoms with Crippen LogP contribution < -0.4 is 31.9 Å². The average Bonchev–Trinajstić information content (AvgIpc) is 3.43. The summed E-state index contributed by atoms with van der Waals surface area (Å²) in [6.07, 6.45) is 1.13. The number of pyridine rings is 1. The molecule has 262 valence electrons. The van der Waals surface area contributed by atoms with Gasteiger partial charge in [0, 0.05) is 81.4 Å². The number of aromatic nitrogens is 1. The molecule has 2 aromatic rings. The number of sulfonamides is 1. The van der Waals surface area contributed by atoms with Gasteiger partial charge in [0.15, 0.2) is 0 Å². The lowest BCUT2D eigenvalue weighted by Gasteiger charge is -2.36. The monoisotopic (exact) mass is 710 g/mol. The zero-order valence-corrected chi connectivity index (χ0v) is 28.0. The van der Waals surface area contributed by atoms with Crippen LogP contribution in [0.15, 0.2) is 41.3 Å². The van der Waals surface area contributed by atoms with Gasteiger partial charge in [-0.3, -0.25) is 14.4 Å². The Kier molecular flexibility index (Phi) is 11.2. The molecule has 1 aromatic heterocycles. The Hall–Kier alpha value is -3.44. The molecule has 1 atom stereocenters. The number of alkyl halides is 2. The molecule has 3 aliphatic rings. The third-order valence-electron chi connectivity index (χ3n) is 9.21. The summed E-state index contributed by atoms with van der Waals surface area (Å²) in [6.45, 7) is 1.33. The van der Waals surface area contributed by atoms with Crippen molar-refractivity contribution < 1.29 is 31.6 Å². The van der Waals surface area contributed by atoms with Gasteiger partial charge in [0.25, 0.3) is 5.92 Å². The summed E-state index contributed by atoms with van der Waals surface area (Å²) in [6, 6.07) is 8.32. The molecule has 1 saturated carbocycles. The number of anilines is 2. The number of piperazine rings is 1. The number of hydrogen-bond acceptors (Lipinski definition) is 9. The summed E-state index contributed by atoms with van der Waals surface area (Å²) in [5.74, 6) is -5.04. The smallest absolute Gasteiger partial charge is 0.276 e. The largest absolute Gasteiger partial charge is 0.354 e. The van der Waals surface area contributed by atoms with Gasteiger partial charge in [-0.15, -0.1) is 0 Å². The van der Waals surface area contributed by atoms with Crippen molar-refractivity contribution in [2.24, 2.45) is 23.3 Å². The molecule has 3 fully saturated rings. The van der Waals surface area contributed by atoms with Crippen LogP contribution in [0.3, 0.4) is 0 Å². The molecule has 2 aliphatic heterocycles. The predicted molar refractivity (Wildman–Crippen MR) is 176 cm³/mol. The van der Waals surface area contributed by atoms with Gasteiger partial charge in [0.1, 0.15) is 11.0 Å². The van der Waals surface area contributed by atoms with E-state index in [9.17, 15) is 22.8 Å². The second kappa shape index (κ2) is 15.0. The van der Waals surface area contributed by atoms with Gasteiger partial charge in [0.2, 0.25) is 27.7 Å². The summed E-state index contributed by atoms with van der Waals surface area (Å²) in [5.41, 5.74) is 11.4. The Morgan fingerprint density at radius 3 is 2.25 bits per heavy atom. The molecule has 6 N–H and O–H groups in total. The first-order valence-corrected chi connectivity index (χ1v) is 17.8. The first-order chi connectivity index (χ1) is 22.8. The van der Waals surface area contributed by atoms with Crippen molar-refractivity contribution in [2.75, 3.05) is 62.2 Å². The first-order valence-electron chi connectivity index (χ1n) is 16.0. The van der Waals surface area contributed by atoms with E-state index in [1.165, 1.54) is 27.4 Å².